The van der Waals surface area contributed by atoms with E-state index in [1.165, 1.54) is 0 Å². The normalized spacial score (nSPS) is 10.9. The summed E-state index contributed by atoms with van der Waals surface area (Å²) < 4.78 is 11.0. The number of hydrogen-bond donors (Lipinski definition) is 1. The van der Waals surface area contributed by atoms with E-state index < -0.39 is 0 Å². The van der Waals surface area contributed by atoms with Crippen LogP contribution >= 0.6 is 0 Å². The summed E-state index contributed by atoms with van der Waals surface area (Å²) in [5.41, 5.74) is 6.30. The summed E-state index contributed by atoms with van der Waals surface area (Å²) in [5, 5.41) is 0. The van der Waals surface area contributed by atoms with Crippen LogP contribution in [-0.2, 0) is 0 Å². The number of pyridine rings is 1. The number of rotatable bonds is 5. The van der Waals surface area contributed by atoms with Crippen molar-refractivity contribution in [1.29, 1.82) is 0 Å². The molecule has 0 aliphatic heterocycles. The lowest BCUT2D eigenvalue weighted by atomic mass is 10.2. The molecule has 0 unspecified atom stereocenters. The van der Waals surface area contributed by atoms with E-state index in [1.807, 2.05) is 13.8 Å². The average molecular weight is 224 g/mol. The highest BCUT2D eigenvalue weighted by molar-refractivity contribution is 5.49. The van der Waals surface area contributed by atoms with E-state index in [0.29, 0.717) is 30.0 Å². The van der Waals surface area contributed by atoms with Crippen molar-refractivity contribution in [2.24, 2.45) is 5.92 Å². The van der Waals surface area contributed by atoms with Crippen LogP contribution in [0.1, 0.15) is 27.7 Å². The van der Waals surface area contributed by atoms with Gasteiger partial charge < -0.3 is 15.2 Å². The Balaban J connectivity index is 2.74. The van der Waals surface area contributed by atoms with Crippen LogP contribution in [0.15, 0.2) is 12.1 Å². The van der Waals surface area contributed by atoms with E-state index in [4.69, 9.17) is 15.2 Å². The molecule has 0 aromatic carbocycles. The third-order valence-electron chi connectivity index (χ3n) is 1.77. The Kier molecular flexibility index (Phi) is 4.40. The maximum absolute atomic E-state index is 5.76. The second kappa shape index (κ2) is 5.58. The van der Waals surface area contributed by atoms with Gasteiger partial charge >= 0.3 is 0 Å². The molecule has 0 saturated heterocycles. The molecule has 1 aromatic rings. The van der Waals surface area contributed by atoms with E-state index in [0.717, 1.165) is 0 Å². The molecule has 1 aromatic heterocycles. The molecule has 0 aliphatic rings. The first-order valence-electron chi connectivity index (χ1n) is 5.55. The summed E-state index contributed by atoms with van der Waals surface area (Å²) >= 11 is 0. The zero-order valence-corrected chi connectivity index (χ0v) is 10.4. The highest BCUT2D eigenvalue weighted by atomic mass is 16.5. The van der Waals surface area contributed by atoms with Gasteiger partial charge in [0.25, 0.3) is 0 Å². The van der Waals surface area contributed by atoms with Crippen LogP contribution in [0.3, 0.4) is 0 Å². The topological polar surface area (TPSA) is 57.4 Å². The Morgan fingerprint density at radius 3 is 2.50 bits per heavy atom. The summed E-state index contributed by atoms with van der Waals surface area (Å²) in [6, 6.07) is 3.50. The fourth-order valence-electron chi connectivity index (χ4n) is 1.10. The molecule has 4 nitrogen and oxygen atoms in total. The van der Waals surface area contributed by atoms with Gasteiger partial charge in [-0.1, -0.05) is 13.8 Å². The Hall–Kier alpha value is -1.45. The quantitative estimate of drug-likeness (QED) is 0.834. The van der Waals surface area contributed by atoms with Crippen LogP contribution < -0.4 is 15.2 Å². The fourth-order valence-corrected chi connectivity index (χ4v) is 1.10. The van der Waals surface area contributed by atoms with Gasteiger partial charge in [0.1, 0.15) is 0 Å². The number of ether oxygens (including phenoxy) is 2. The highest BCUT2D eigenvalue weighted by Crippen LogP contribution is 2.23. The van der Waals surface area contributed by atoms with Crippen LogP contribution in [0.25, 0.3) is 0 Å². The molecule has 0 spiro atoms. The lowest BCUT2D eigenvalue weighted by molar-refractivity contribution is 0.222. The summed E-state index contributed by atoms with van der Waals surface area (Å²) in [4.78, 5) is 4.21. The average Bonchev–Trinajstić information content (AvgIpc) is 2.18. The van der Waals surface area contributed by atoms with Crippen molar-refractivity contribution in [3.8, 4) is 11.8 Å². The van der Waals surface area contributed by atoms with Crippen LogP contribution in [0.4, 0.5) is 5.69 Å². The SMILES string of the molecule is CC(C)COc1nc(OC(C)C)ccc1N. The molecule has 0 saturated carbocycles. The molecule has 90 valence electrons. The first kappa shape index (κ1) is 12.6. The van der Waals surface area contributed by atoms with Crippen LogP contribution in [0.2, 0.25) is 0 Å². The van der Waals surface area contributed by atoms with Gasteiger partial charge in [-0.05, 0) is 25.8 Å². The van der Waals surface area contributed by atoms with Crippen molar-refractivity contribution < 1.29 is 9.47 Å². The molecule has 2 N–H and O–H groups in total. The molecular weight excluding hydrogens is 204 g/mol. The first-order valence-corrected chi connectivity index (χ1v) is 5.55. The molecule has 0 atom stereocenters. The van der Waals surface area contributed by atoms with Crippen molar-refractivity contribution in [3.63, 3.8) is 0 Å². The number of nitrogens with zero attached hydrogens (tertiary/aromatic N) is 1. The molecule has 1 rings (SSSR count). The van der Waals surface area contributed by atoms with Crippen molar-refractivity contribution in [2.45, 2.75) is 33.8 Å². The molecule has 16 heavy (non-hydrogen) atoms. The molecule has 1 heterocycles. The smallest absolute Gasteiger partial charge is 0.240 e. The van der Waals surface area contributed by atoms with Crippen LogP contribution in [-0.4, -0.2) is 17.7 Å². The summed E-state index contributed by atoms with van der Waals surface area (Å²) in [7, 11) is 0. The Morgan fingerprint density at radius 1 is 1.25 bits per heavy atom. The van der Waals surface area contributed by atoms with Crippen LogP contribution in [0.5, 0.6) is 11.8 Å². The zero-order valence-electron chi connectivity index (χ0n) is 10.4. The van der Waals surface area contributed by atoms with Crippen molar-refractivity contribution in [1.82, 2.24) is 4.98 Å². The van der Waals surface area contributed by atoms with E-state index in [1.54, 1.807) is 12.1 Å². The van der Waals surface area contributed by atoms with E-state index in [2.05, 4.69) is 18.8 Å². The third-order valence-corrected chi connectivity index (χ3v) is 1.77. The monoisotopic (exact) mass is 224 g/mol. The second-order valence-electron chi connectivity index (χ2n) is 4.42. The zero-order chi connectivity index (χ0) is 12.1. The number of hydrogen-bond acceptors (Lipinski definition) is 4. The predicted octanol–water partition coefficient (Wildman–Crippen LogP) is 2.49. The molecule has 0 bridgehead atoms. The van der Waals surface area contributed by atoms with Gasteiger partial charge in [0.15, 0.2) is 0 Å². The predicted molar refractivity (Wildman–Crippen MR) is 64.7 cm³/mol. The van der Waals surface area contributed by atoms with Crippen molar-refractivity contribution >= 4 is 5.69 Å². The Labute approximate surface area is 96.8 Å². The molecule has 0 fully saturated rings. The largest absolute Gasteiger partial charge is 0.476 e. The molecule has 4 heteroatoms. The van der Waals surface area contributed by atoms with Crippen LogP contribution in [0, 0.1) is 5.92 Å². The first-order chi connectivity index (χ1) is 7.49. The van der Waals surface area contributed by atoms with E-state index in [-0.39, 0.29) is 6.10 Å². The molecule has 0 amide bonds. The van der Waals surface area contributed by atoms with E-state index >= 15 is 0 Å². The summed E-state index contributed by atoms with van der Waals surface area (Å²) in [6.45, 7) is 8.65. The third kappa shape index (κ3) is 3.96. The Morgan fingerprint density at radius 2 is 1.94 bits per heavy atom. The number of anilines is 1. The maximum Gasteiger partial charge on any atom is 0.240 e. The minimum Gasteiger partial charge on any atom is -0.476 e. The maximum atomic E-state index is 5.76. The van der Waals surface area contributed by atoms with Gasteiger partial charge in [0.05, 0.1) is 18.4 Å². The number of aromatic nitrogens is 1. The second-order valence-corrected chi connectivity index (χ2v) is 4.42. The summed E-state index contributed by atoms with van der Waals surface area (Å²) in [6.07, 6.45) is 0.0917. The van der Waals surface area contributed by atoms with Gasteiger partial charge in [0.2, 0.25) is 11.8 Å². The van der Waals surface area contributed by atoms with Gasteiger partial charge in [-0.3, -0.25) is 0 Å². The standard InChI is InChI=1S/C12H20N2O2/c1-8(2)7-15-12-10(13)5-6-11(14-12)16-9(3)4/h5-6,8-9H,7,13H2,1-4H3. The lowest BCUT2D eigenvalue weighted by Crippen LogP contribution is -2.10. The number of nitrogen functional groups attached to an aromatic ring is 1. The molecular formula is C12H20N2O2. The fraction of sp³-hybridized carbons (Fsp3) is 0.583. The lowest BCUT2D eigenvalue weighted by Gasteiger charge is -2.13. The Bertz CT molecular complexity index is 338. The van der Waals surface area contributed by atoms with Gasteiger partial charge in [-0.25, -0.2) is 0 Å². The molecule has 0 aliphatic carbocycles. The molecule has 0 radical (unpaired) electrons. The minimum absolute atomic E-state index is 0.0917. The van der Waals surface area contributed by atoms with Crippen molar-refractivity contribution in [3.05, 3.63) is 12.1 Å². The van der Waals surface area contributed by atoms with Gasteiger partial charge in [0, 0.05) is 6.07 Å². The number of nitrogens with two attached hydrogens (primary N) is 1. The van der Waals surface area contributed by atoms with Gasteiger partial charge in [-0.15, -0.1) is 0 Å². The van der Waals surface area contributed by atoms with Gasteiger partial charge in [-0.2, -0.15) is 4.98 Å². The van der Waals surface area contributed by atoms with Crippen molar-refractivity contribution in [2.75, 3.05) is 12.3 Å². The summed E-state index contributed by atoms with van der Waals surface area (Å²) in [5.74, 6) is 1.44. The highest BCUT2D eigenvalue weighted by Gasteiger charge is 2.07. The van der Waals surface area contributed by atoms with E-state index in [9.17, 15) is 0 Å². The minimum atomic E-state index is 0.0917.